The third-order valence-electron chi connectivity index (χ3n) is 11.7. The molecular formula is C55H60O11. The molecule has 2 aliphatic rings. The van der Waals surface area contributed by atoms with Crippen molar-refractivity contribution in [3.63, 3.8) is 0 Å². The Hall–Kier alpha value is -5.12. The third kappa shape index (κ3) is 13.3. The normalized spacial score (nSPS) is 25.4. The molecule has 2 saturated heterocycles. The molecule has 0 bridgehead atoms. The molecule has 0 unspecified atom stereocenters. The summed E-state index contributed by atoms with van der Waals surface area (Å²) < 4.78 is 67.0. The van der Waals surface area contributed by atoms with Crippen molar-refractivity contribution in [1.29, 1.82) is 0 Å². The number of hydrogen-bond donors (Lipinski definition) is 1. The highest BCUT2D eigenvalue weighted by Gasteiger charge is 2.52. The zero-order valence-electron chi connectivity index (χ0n) is 37.3. The topological polar surface area (TPSA) is 113 Å². The number of rotatable bonds is 23. The molecule has 2 aliphatic heterocycles. The molecule has 0 spiro atoms. The summed E-state index contributed by atoms with van der Waals surface area (Å²) in [5.41, 5.74) is 5.85. The van der Waals surface area contributed by atoms with E-state index in [1.807, 2.05) is 182 Å². The van der Waals surface area contributed by atoms with Crippen LogP contribution in [0, 0.1) is 0 Å². The fourth-order valence-electron chi connectivity index (χ4n) is 8.29. The van der Waals surface area contributed by atoms with E-state index in [2.05, 4.69) is 0 Å². The van der Waals surface area contributed by atoms with E-state index in [-0.39, 0.29) is 46.2 Å². The first kappa shape index (κ1) is 47.4. The Balaban J connectivity index is 1.10. The van der Waals surface area contributed by atoms with Gasteiger partial charge in [0.05, 0.1) is 52.9 Å². The molecule has 6 aromatic rings. The monoisotopic (exact) mass is 896 g/mol. The summed E-state index contributed by atoms with van der Waals surface area (Å²) in [6.45, 7) is 1.21. The van der Waals surface area contributed by atoms with Crippen LogP contribution in [-0.4, -0.2) is 86.8 Å². The van der Waals surface area contributed by atoms with Crippen molar-refractivity contribution >= 4 is 0 Å². The lowest BCUT2D eigenvalue weighted by molar-refractivity contribution is -0.350. The molecular weight excluding hydrogens is 837 g/mol. The molecule has 0 saturated carbocycles. The number of benzene rings is 6. The molecule has 1 N–H and O–H groups in total. The average Bonchev–Trinajstić information content (AvgIpc) is 3.38. The summed E-state index contributed by atoms with van der Waals surface area (Å²) in [6.07, 6.45) is -7.87. The van der Waals surface area contributed by atoms with Gasteiger partial charge in [0.25, 0.3) is 0 Å². The van der Waals surface area contributed by atoms with Crippen molar-refractivity contribution in [1.82, 2.24) is 0 Å². The summed E-state index contributed by atoms with van der Waals surface area (Å²) in [6, 6.07) is 59.6. The van der Waals surface area contributed by atoms with Gasteiger partial charge in [-0.25, -0.2) is 0 Å². The molecule has 346 valence electrons. The summed E-state index contributed by atoms with van der Waals surface area (Å²) >= 11 is 0. The second-order valence-electron chi connectivity index (χ2n) is 16.4. The van der Waals surface area contributed by atoms with Crippen LogP contribution in [0.2, 0.25) is 0 Å². The van der Waals surface area contributed by atoms with Gasteiger partial charge in [0.1, 0.15) is 48.8 Å². The van der Waals surface area contributed by atoms with Gasteiger partial charge in [-0.3, -0.25) is 0 Å². The summed E-state index contributed by atoms with van der Waals surface area (Å²) in [5, 5.41) is 11.0. The van der Waals surface area contributed by atoms with E-state index in [0.29, 0.717) is 6.61 Å². The molecule has 0 radical (unpaired) electrons. The summed E-state index contributed by atoms with van der Waals surface area (Å²) in [5.74, 6) is 0. The standard InChI is InChI=1S/C55H60O11/c1-57-54-52(62-37-44-28-16-6-17-29-44)51(61-36-43-26-14-5-15-27-43)49(59-34-41-22-10-3-11-23-41)47(66-54)39-64-55-53(63-38-45-30-18-7-19-31-45)50(60-35-42-24-12-4-13-25-42)48(46(32-56)65-55)58-33-40-20-8-2-9-21-40/h2-31,46-56H,32-39H2,1H3/t46-,47-,48+,49-,50+,51+,52-,53-,54+,55-/m1/s1. The van der Waals surface area contributed by atoms with Crippen molar-refractivity contribution in [3.05, 3.63) is 215 Å². The van der Waals surface area contributed by atoms with Gasteiger partial charge in [-0.2, -0.15) is 0 Å². The van der Waals surface area contributed by atoms with Crippen molar-refractivity contribution in [3.8, 4) is 0 Å². The first-order chi connectivity index (χ1) is 32.6. The SMILES string of the molecule is CO[C@H]1O[C@H](CO[C@@H]2O[C@H](CO)[C@H](OCc3ccccc3)[C@H](OCc3ccccc3)[C@H]2OCc2ccccc2)[C@@H](OCc2ccccc2)[C@H](OCc2ccccc2)[C@H]1OCc1ccccc1. The molecule has 6 aromatic carbocycles. The van der Waals surface area contributed by atoms with Crippen LogP contribution < -0.4 is 0 Å². The predicted molar refractivity (Wildman–Crippen MR) is 247 cm³/mol. The Labute approximate surface area is 388 Å². The molecule has 8 rings (SSSR count). The van der Waals surface area contributed by atoms with E-state index in [9.17, 15) is 5.11 Å². The Morgan fingerprint density at radius 2 is 0.606 bits per heavy atom. The lowest BCUT2D eigenvalue weighted by Crippen LogP contribution is -2.64. The fourth-order valence-corrected chi connectivity index (χ4v) is 8.29. The number of aliphatic hydroxyl groups excluding tert-OH is 1. The van der Waals surface area contributed by atoms with Crippen LogP contribution in [0.15, 0.2) is 182 Å². The minimum absolute atomic E-state index is 0.0368. The molecule has 0 aliphatic carbocycles. The maximum Gasteiger partial charge on any atom is 0.187 e. The van der Waals surface area contributed by atoms with Crippen LogP contribution in [0.3, 0.4) is 0 Å². The van der Waals surface area contributed by atoms with Gasteiger partial charge in [-0.15, -0.1) is 0 Å². The first-order valence-corrected chi connectivity index (χ1v) is 22.6. The molecule has 0 aromatic heterocycles. The Kier molecular flexibility index (Phi) is 18.0. The minimum atomic E-state index is -1.04. The van der Waals surface area contributed by atoms with Crippen LogP contribution in [-0.2, 0) is 87.0 Å². The number of ether oxygens (including phenoxy) is 10. The quantitative estimate of drug-likeness (QED) is 0.0668. The fraction of sp³-hybridized carbons (Fsp3) is 0.345. The van der Waals surface area contributed by atoms with Gasteiger partial charge in [-0.1, -0.05) is 182 Å². The molecule has 66 heavy (non-hydrogen) atoms. The van der Waals surface area contributed by atoms with Gasteiger partial charge in [0, 0.05) is 7.11 Å². The highest BCUT2D eigenvalue weighted by Crippen LogP contribution is 2.35. The van der Waals surface area contributed by atoms with Gasteiger partial charge in [0.2, 0.25) is 0 Å². The Bertz CT molecular complexity index is 2060. The van der Waals surface area contributed by atoms with Gasteiger partial charge < -0.3 is 52.5 Å². The van der Waals surface area contributed by atoms with Gasteiger partial charge in [0.15, 0.2) is 12.6 Å². The summed E-state index contributed by atoms with van der Waals surface area (Å²) in [7, 11) is 1.59. The zero-order valence-corrected chi connectivity index (χ0v) is 37.3. The minimum Gasteiger partial charge on any atom is -0.394 e. The smallest absolute Gasteiger partial charge is 0.187 e. The highest BCUT2D eigenvalue weighted by molar-refractivity contribution is 5.18. The molecule has 2 fully saturated rings. The van der Waals surface area contributed by atoms with Crippen LogP contribution in [0.4, 0.5) is 0 Å². The van der Waals surface area contributed by atoms with E-state index in [1.54, 1.807) is 7.11 Å². The van der Waals surface area contributed by atoms with Crippen LogP contribution in [0.25, 0.3) is 0 Å². The van der Waals surface area contributed by atoms with E-state index in [1.165, 1.54) is 0 Å². The molecule has 11 nitrogen and oxygen atoms in total. The van der Waals surface area contributed by atoms with E-state index in [4.69, 9.17) is 47.4 Å². The maximum absolute atomic E-state index is 11.0. The van der Waals surface area contributed by atoms with Crippen molar-refractivity contribution < 1.29 is 52.5 Å². The molecule has 11 heteroatoms. The van der Waals surface area contributed by atoms with Gasteiger partial charge >= 0.3 is 0 Å². The largest absolute Gasteiger partial charge is 0.394 e. The zero-order chi connectivity index (χ0) is 45.2. The third-order valence-corrected chi connectivity index (χ3v) is 11.7. The molecule has 2 heterocycles. The van der Waals surface area contributed by atoms with Gasteiger partial charge in [-0.05, 0) is 33.4 Å². The van der Waals surface area contributed by atoms with Crippen LogP contribution >= 0.6 is 0 Å². The maximum atomic E-state index is 11.0. The second-order valence-corrected chi connectivity index (χ2v) is 16.4. The lowest BCUT2D eigenvalue weighted by Gasteiger charge is -2.47. The highest BCUT2D eigenvalue weighted by atomic mass is 16.7. The van der Waals surface area contributed by atoms with E-state index in [0.717, 1.165) is 33.4 Å². The first-order valence-electron chi connectivity index (χ1n) is 22.6. The lowest BCUT2D eigenvalue weighted by atomic mass is 9.97. The van der Waals surface area contributed by atoms with E-state index >= 15 is 0 Å². The average molecular weight is 897 g/mol. The van der Waals surface area contributed by atoms with Crippen molar-refractivity contribution in [2.45, 2.75) is 101 Å². The van der Waals surface area contributed by atoms with Crippen molar-refractivity contribution in [2.75, 3.05) is 20.3 Å². The molecule has 10 atom stereocenters. The van der Waals surface area contributed by atoms with Crippen molar-refractivity contribution in [2.24, 2.45) is 0 Å². The summed E-state index contributed by atoms with van der Waals surface area (Å²) in [4.78, 5) is 0. The number of aliphatic hydroxyl groups is 1. The molecule has 0 amide bonds. The Morgan fingerprint density at radius 3 is 0.924 bits per heavy atom. The van der Waals surface area contributed by atoms with Crippen LogP contribution in [0.5, 0.6) is 0 Å². The van der Waals surface area contributed by atoms with Crippen LogP contribution in [0.1, 0.15) is 33.4 Å². The van der Waals surface area contributed by atoms with E-state index < -0.39 is 61.4 Å². The number of methoxy groups -OCH3 is 1. The second kappa shape index (κ2) is 25.1. The Morgan fingerprint density at radius 1 is 0.333 bits per heavy atom. The number of hydrogen-bond acceptors (Lipinski definition) is 11. The predicted octanol–water partition coefficient (Wildman–Crippen LogP) is 8.60.